The fraction of sp³-hybridized carbons (Fsp3) is 0.467. The van der Waals surface area contributed by atoms with Crippen LogP contribution in [0.4, 0.5) is 0 Å². The molecule has 7 nitrogen and oxygen atoms in total. The lowest BCUT2D eigenvalue weighted by Crippen LogP contribution is -2.35. The summed E-state index contributed by atoms with van der Waals surface area (Å²) >= 11 is 1.14. The lowest BCUT2D eigenvalue weighted by atomic mass is 10.1. The summed E-state index contributed by atoms with van der Waals surface area (Å²) in [7, 11) is -1.87. The fourth-order valence-electron chi connectivity index (χ4n) is 2.58. The van der Waals surface area contributed by atoms with Crippen LogP contribution in [0.2, 0.25) is 0 Å². The highest BCUT2D eigenvalue weighted by molar-refractivity contribution is 7.91. The minimum absolute atomic E-state index is 0.0517. The molecule has 1 unspecified atom stereocenters. The van der Waals surface area contributed by atoms with Crippen molar-refractivity contribution in [2.45, 2.75) is 36.4 Å². The normalized spacial score (nSPS) is 19.5. The number of hydrogen-bond acceptors (Lipinski definition) is 6. The molecule has 9 heteroatoms. The third-order valence-electron chi connectivity index (χ3n) is 3.98. The Morgan fingerprint density at radius 1 is 1.38 bits per heavy atom. The summed E-state index contributed by atoms with van der Waals surface area (Å²) < 4.78 is 33.3. The molecule has 3 rings (SSSR count). The molecule has 0 aliphatic carbocycles. The number of likely N-dealkylation sites (tertiary alicyclic amines) is 1. The van der Waals surface area contributed by atoms with Crippen molar-refractivity contribution >= 4 is 27.3 Å². The summed E-state index contributed by atoms with van der Waals surface area (Å²) in [6, 6.07) is 4.81. The van der Waals surface area contributed by atoms with Gasteiger partial charge in [-0.15, -0.1) is 11.3 Å². The average molecular weight is 369 g/mol. The van der Waals surface area contributed by atoms with Gasteiger partial charge >= 0.3 is 0 Å². The summed E-state index contributed by atoms with van der Waals surface area (Å²) in [6.45, 7) is 2.36. The van der Waals surface area contributed by atoms with E-state index < -0.39 is 10.0 Å². The number of amides is 1. The zero-order valence-electron chi connectivity index (χ0n) is 13.5. The molecule has 2 aromatic heterocycles. The molecule has 0 bridgehead atoms. The predicted octanol–water partition coefficient (Wildman–Crippen LogP) is 2.00. The van der Waals surface area contributed by atoms with Crippen molar-refractivity contribution in [1.82, 2.24) is 14.8 Å². The molecule has 0 spiro atoms. The maximum atomic E-state index is 12.6. The Morgan fingerprint density at radius 2 is 2.17 bits per heavy atom. The molecule has 0 saturated carbocycles. The molecule has 1 saturated heterocycles. The Bertz CT molecular complexity index is 841. The highest BCUT2D eigenvalue weighted by Gasteiger charge is 2.26. The molecule has 1 aliphatic heterocycles. The Morgan fingerprint density at radius 3 is 2.88 bits per heavy atom. The molecule has 1 fully saturated rings. The van der Waals surface area contributed by atoms with Crippen molar-refractivity contribution in [3.8, 4) is 10.6 Å². The van der Waals surface area contributed by atoms with Crippen LogP contribution in [0.3, 0.4) is 0 Å². The molecular weight excluding hydrogens is 350 g/mol. The number of aryl methyl sites for hydroxylation is 1. The van der Waals surface area contributed by atoms with Gasteiger partial charge in [0.2, 0.25) is 15.9 Å². The first-order valence-electron chi connectivity index (χ1n) is 7.65. The highest BCUT2D eigenvalue weighted by Crippen LogP contribution is 2.31. The monoisotopic (exact) mass is 369 g/mol. The molecule has 24 heavy (non-hydrogen) atoms. The number of nitrogens with zero attached hydrogens (tertiary/aromatic N) is 2. The minimum atomic E-state index is -3.61. The first kappa shape index (κ1) is 17.1. The second kappa shape index (κ2) is 6.66. The second-order valence-corrected chi connectivity index (χ2v) is 8.94. The van der Waals surface area contributed by atoms with E-state index in [0.717, 1.165) is 17.0 Å². The van der Waals surface area contributed by atoms with Gasteiger partial charge in [0.1, 0.15) is 4.21 Å². The summed E-state index contributed by atoms with van der Waals surface area (Å²) in [4.78, 5) is 14.0. The summed E-state index contributed by atoms with van der Waals surface area (Å²) in [5.41, 5.74) is 0.744. The summed E-state index contributed by atoms with van der Waals surface area (Å²) in [5.74, 6) is 0.608. The number of carbonyl (C=O) groups is 1. The Hall–Kier alpha value is -1.71. The molecule has 1 amide bonds. The maximum Gasteiger partial charge on any atom is 0.250 e. The first-order chi connectivity index (χ1) is 11.3. The van der Waals surface area contributed by atoms with Gasteiger partial charge in [-0.05, 0) is 31.9 Å². The standard InChI is InChI=1S/C15H19N3O4S2/c1-10-9-12(22-16-10)13-4-6-15(23-13)24(20,21)17-11-3-5-14(19)18(2)8-7-11/h4,6,9,11,17H,3,5,7-8H2,1-2H3. The van der Waals surface area contributed by atoms with E-state index in [4.69, 9.17) is 4.52 Å². The van der Waals surface area contributed by atoms with E-state index in [9.17, 15) is 13.2 Å². The largest absolute Gasteiger partial charge is 0.355 e. The number of nitrogens with one attached hydrogen (secondary N) is 1. The Kier molecular flexibility index (Phi) is 4.75. The van der Waals surface area contributed by atoms with Gasteiger partial charge in [0.05, 0.1) is 10.6 Å². The van der Waals surface area contributed by atoms with E-state index in [1.54, 1.807) is 30.1 Å². The molecule has 2 aromatic rings. The Balaban J connectivity index is 1.74. The van der Waals surface area contributed by atoms with Crippen LogP contribution in [0.25, 0.3) is 10.6 Å². The zero-order chi connectivity index (χ0) is 17.3. The molecule has 1 aliphatic rings. The molecule has 3 heterocycles. The van der Waals surface area contributed by atoms with E-state index in [-0.39, 0.29) is 16.2 Å². The van der Waals surface area contributed by atoms with Gasteiger partial charge in [-0.2, -0.15) is 0 Å². The first-order valence-corrected chi connectivity index (χ1v) is 9.95. The van der Waals surface area contributed by atoms with Gasteiger partial charge in [0.25, 0.3) is 0 Å². The van der Waals surface area contributed by atoms with Crippen molar-refractivity contribution < 1.29 is 17.7 Å². The smallest absolute Gasteiger partial charge is 0.250 e. The van der Waals surface area contributed by atoms with Gasteiger partial charge in [0, 0.05) is 32.1 Å². The van der Waals surface area contributed by atoms with Crippen LogP contribution in [0.5, 0.6) is 0 Å². The van der Waals surface area contributed by atoms with Crippen LogP contribution in [-0.2, 0) is 14.8 Å². The minimum Gasteiger partial charge on any atom is -0.355 e. The van der Waals surface area contributed by atoms with E-state index in [0.29, 0.717) is 36.4 Å². The van der Waals surface area contributed by atoms with E-state index >= 15 is 0 Å². The van der Waals surface area contributed by atoms with Gasteiger partial charge in [0.15, 0.2) is 5.76 Å². The van der Waals surface area contributed by atoms with E-state index in [1.807, 2.05) is 6.92 Å². The molecule has 1 atom stereocenters. The number of rotatable bonds is 4. The quantitative estimate of drug-likeness (QED) is 0.890. The second-order valence-electron chi connectivity index (χ2n) is 5.91. The van der Waals surface area contributed by atoms with Gasteiger partial charge in [-0.3, -0.25) is 4.79 Å². The van der Waals surface area contributed by atoms with Gasteiger partial charge < -0.3 is 9.42 Å². The molecule has 0 aromatic carbocycles. The van der Waals surface area contributed by atoms with Crippen molar-refractivity contribution in [1.29, 1.82) is 0 Å². The topological polar surface area (TPSA) is 92.5 Å². The highest BCUT2D eigenvalue weighted by atomic mass is 32.2. The van der Waals surface area contributed by atoms with E-state index in [2.05, 4.69) is 9.88 Å². The number of thiophene rings is 1. The fourth-order valence-corrected chi connectivity index (χ4v) is 5.16. The third-order valence-corrected chi connectivity index (χ3v) is 7.10. The zero-order valence-corrected chi connectivity index (χ0v) is 15.1. The van der Waals surface area contributed by atoms with E-state index in [1.165, 1.54) is 0 Å². The van der Waals surface area contributed by atoms with Crippen LogP contribution < -0.4 is 4.72 Å². The number of sulfonamides is 1. The molecular formula is C15H19N3O4S2. The molecule has 0 radical (unpaired) electrons. The van der Waals surface area contributed by atoms with Crippen LogP contribution in [-0.4, -0.2) is 44.0 Å². The van der Waals surface area contributed by atoms with Gasteiger partial charge in [-0.25, -0.2) is 13.1 Å². The molecule has 1 N–H and O–H groups in total. The lowest BCUT2D eigenvalue weighted by Gasteiger charge is -2.16. The lowest BCUT2D eigenvalue weighted by molar-refractivity contribution is -0.129. The molecule has 130 valence electrons. The average Bonchev–Trinajstić information content (AvgIpc) is 3.15. The van der Waals surface area contributed by atoms with Crippen LogP contribution >= 0.6 is 11.3 Å². The van der Waals surface area contributed by atoms with Crippen LogP contribution in [0.15, 0.2) is 26.9 Å². The Labute approximate surface area is 144 Å². The SMILES string of the molecule is Cc1cc(-c2ccc(S(=O)(=O)NC3CCC(=O)N(C)CC3)s2)on1. The number of carbonyl (C=O) groups excluding carboxylic acids is 1. The van der Waals surface area contributed by atoms with Crippen molar-refractivity contribution in [3.05, 3.63) is 23.9 Å². The summed E-state index contributed by atoms with van der Waals surface area (Å²) in [5, 5.41) is 3.81. The van der Waals surface area contributed by atoms with Crippen molar-refractivity contribution in [3.63, 3.8) is 0 Å². The predicted molar refractivity (Wildman–Crippen MR) is 90.2 cm³/mol. The maximum absolute atomic E-state index is 12.6. The number of hydrogen-bond donors (Lipinski definition) is 1. The van der Waals surface area contributed by atoms with Crippen molar-refractivity contribution in [2.75, 3.05) is 13.6 Å². The van der Waals surface area contributed by atoms with Gasteiger partial charge in [-0.1, -0.05) is 5.16 Å². The van der Waals surface area contributed by atoms with Crippen LogP contribution in [0.1, 0.15) is 25.0 Å². The van der Waals surface area contributed by atoms with Crippen molar-refractivity contribution in [2.24, 2.45) is 0 Å². The number of aromatic nitrogens is 1. The third kappa shape index (κ3) is 3.68. The van der Waals surface area contributed by atoms with Crippen LogP contribution in [0, 0.1) is 6.92 Å². The summed E-state index contributed by atoms with van der Waals surface area (Å²) in [6.07, 6.45) is 1.49.